The minimum atomic E-state index is 0.772. The van der Waals surface area contributed by atoms with Crippen molar-refractivity contribution in [2.24, 2.45) is 0 Å². The smallest absolute Gasteiger partial charge is 0.119 e. The first kappa shape index (κ1) is 11.9. The Labute approximate surface area is 106 Å². The van der Waals surface area contributed by atoms with Crippen molar-refractivity contribution in [3.63, 3.8) is 0 Å². The summed E-state index contributed by atoms with van der Waals surface area (Å²) < 4.78 is 6.78. The summed E-state index contributed by atoms with van der Waals surface area (Å²) in [7, 11) is 2.19. The summed E-state index contributed by atoms with van der Waals surface area (Å²) in [6.45, 7) is 1.79. The second-order valence-electron chi connectivity index (χ2n) is 4.37. The molecule has 16 heavy (non-hydrogen) atoms. The van der Waals surface area contributed by atoms with Gasteiger partial charge in [0.25, 0.3) is 0 Å². The van der Waals surface area contributed by atoms with Crippen LogP contribution in [-0.4, -0.2) is 31.1 Å². The number of hydrogen-bond donors (Lipinski definition) is 0. The molecule has 0 spiro atoms. The summed E-state index contributed by atoms with van der Waals surface area (Å²) >= 11 is 3.41. The highest BCUT2D eigenvalue weighted by atomic mass is 79.9. The van der Waals surface area contributed by atoms with Crippen LogP contribution < -0.4 is 4.74 Å². The molecule has 3 heteroatoms. The molecule has 1 aromatic rings. The van der Waals surface area contributed by atoms with E-state index in [0.29, 0.717) is 0 Å². The summed E-state index contributed by atoms with van der Waals surface area (Å²) in [5.74, 6) is 0.949. The van der Waals surface area contributed by atoms with Crippen LogP contribution in [0.15, 0.2) is 28.7 Å². The van der Waals surface area contributed by atoms with Crippen LogP contribution in [0.2, 0.25) is 0 Å². The third kappa shape index (κ3) is 3.22. The van der Waals surface area contributed by atoms with Gasteiger partial charge in [-0.1, -0.05) is 22.4 Å². The molecule has 2 nitrogen and oxygen atoms in total. The largest absolute Gasteiger partial charge is 0.492 e. The molecule has 0 aromatic heterocycles. The van der Waals surface area contributed by atoms with Gasteiger partial charge in [-0.05, 0) is 44.2 Å². The van der Waals surface area contributed by atoms with Gasteiger partial charge in [0.1, 0.15) is 12.4 Å². The Bertz CT molecular complexity index is 321. The van der Waals surface area contributed by atoms with E-state index < -0.39 is 0 Å². The third-order valence-electron chi connectivity index (χ3n) is 3.22. The fourth-order valence-electron chi connectivity index (χ4n) is 1.85. The van der Waals surface area contributed by atoms with Crippen molar-refractivity contribution in [3.8, 4) is 5.75 Å². The monoisotopic (exact) mass is 283 g/mol. The zero-order valence-corrected chi connectivity index (χ0v) is 11.2. The summed E-state index contributed by atoms with van der Waals surface area (Å²) in [4.78, 5) is 2.41. The van der Waals surface area contributed by atoms with Gasteiger partial charge in [0.2, 0.25) is 0 Å². The van der Waals surface area contributed by atoms with Crippen LogP contribution in [-0.2, 0) is 0 Å². The Balaban J connectivity index is 1.69. The molecule has 1 aliphatic carbocycles. The highest BCUT2D eigenvalue weighted by Crippen LogP contribution is 2.23. The van der Waals surface area contributed by atoms with Crippen molar-refractivity contribution >= 4 is 15.9 Å². The van der Waals surface area contributed by atoms with Crippen molar-refractivity contribution in [2.75, 3.05) is 20.2 Å². The summed E-state index contributed by atoms with van der Waals surface area (Å²) in [6.07, 6.45) is 4.10. The van der Waals surface area contributed by atoms with Gasteiger partial charge in [0, 0.05) is 17.1 Å². The number of ether oxygens (including phenoxy) is 1. The van der Waals surface area contributed by atoms with E-state index in [4.69, 9.17) is 4.74 Å². The van der Waals surface area contributed by atoms with Crippen LogP contribution >= 0.6 is 15.9 Å². The predicted octanol–water partition coefficient (Wildman–Crippen LogP) is 3.31. The maximum absolute atomic E-state index is 5.69. The fraction of sp³-hybridized carbons (Fsp3) is 0.538. The van der Waals surface area contributed by atoms with E-state index in [1.165, 1.54) is 19.3 Å². The number of likely N-dealkylation sites (N-methyl/N-ethyl adjacent to an activating group) is 1. The molecule has 0 bridgehead atoms. The lowest BCUT2D eigenvalue weighted by Crippen LogP contribution is -2.39. The van der Waals surface area contributed by atoms with Gasteiger partial charge in [-0.25, -0.2) is 0 Å². The molecule has 2 rings (SSSR count). The SMILES string of the molecule is CN(CCOc1ccc(Br)cc1)C1CCC1. The molecule has 0 radical (unpaired) electrons. The van der Waals surface area contributed by atoms with E-state index in [1.807, 2.05) is 24.3 Å². The van der Waals surface area contributed by atoms with Gasteiger partial charge in [0.05, 0.1) is 0 Å². The molecular formula is C13H18BrNO. The quantitative estimate of drug-likeness (QED) is 0.822. The zero-order chi connectivity index (χ0) is 11.4. The van der Waals surface area contributed by atoms with E-state index in [9.17, 15) is 0 Å². The highest BCUT2D eigenvalue weighted by molar-refractivity contribution is 9.10. The van der Waals surface area contributed by atoms with Gasteiger partial charge >= 0.3 is 0 Å². The zero-order valence-electron chi connectivity index (χ0n) is 9.66. The first-order valence-corrected chi connectivity index (χ1v) is 6.63. The fourth-order valence-corrected chi connectivity index (χ4v) is 2.11. The number of halogens is 1. The third-order valence-corrected chi connectivity index (χ3v) is 3.75. The summed E-state index contributed by atoms with van der Waals surface area (Å²) in [6, 6.07) is 8.80. The molecule has 1 aliphatic rings. The second-order valence-corrected chi connectivity index (χ2v) is 5.28. The van der Waals surface area contributed by atoms with E-state index in [2.05, 4.69) is 27.9 Å². The molecular weight excluding hydrogens is 266 g/mol. The first-order valence-electron chi connectivity index (χ1n) is 5.84. The Morgan fingerprint density at radius 1 is 1.31 bits per heavy atom. The van der Waals surface area contributed by atoms with Gasteiger partial charge in [-0.2, -0.15) is 0 Å². The topological polar surface area (TPSA) is 12.5 Å². The number of rotatable bonds is 5. The first-order chi connectivity index (χ1) is 7.75. The van der Waals surface area contributed by atoms with Gasteiger partial charge in [-0.15, -0.1) is 0 Å². The Kier molecular flexibility index (Phi) is 4.24. The summed E-state index contributed by atoms with van der Waals surface area (Å²) in [5, 5.41) is 0. The van der Waals surface area contributed by atoms with Gasteiger partial charge in [0.15, 0.2) is 0 Å². The maximum Gasteiger partial charge on any atom is 0.119 e. The molecule has 0 unspecified atom stereocenters. The lowest BCUT2D eigenvalue weighted by atomic mass is 9.92. The standard InChI is InChI=1S/C13H18BrNO/c1-15(12-3-2-4-12)9-10-16-13-7-5-11(14)6-8-13/h5-8,12H,2-4,9-10H2,1H3. The Hall–Kier alpha value is -0.540. The molecule has 1 saturated carbocycles. The van der Waals surface area contributed by atoms with Crippen LogP contribution in [0.5, 0.6) is 5.75 Å². The molecule has 0 N–H and O–H groups in total. The minimum Gasteiger partial charge on any atom is -0.492 e. The van der Waals surface area contributed by atoms with Crippen molar-refractivity contribution in [1.82, 2.24) is 4.90 Å². The highest BCUT2D eigenvalue weighted by Gasteiger charge is 2.21. The molecule has 0 atom stereocenters. The lowest BCUT2D eigenvalue weighted by molar-refractivity contribution is 0.135. The number of hydrogen-bond acceptors (Lipinski definition) is 2. The van der Waals surface area contributed by atoms with Gasteiger partial charge in [-0.3, -0.25) is 0 Å². The van der Waals surface area contributed by atoms with Crippen LogP contribution in [0.1, 0.15) is 19.3 Å². The minimum absolute atomic E-state index is 0.772. The second kappa shape index (κ2) is 5.69. The summed E-state index contributed by atoms with van der Waals surface area (Å²) in [5.41, 5.74) is 0. The normalized spacial score (nSPS) is 16.2. The van der Waals surface area contributed by atoms with Crippen LogP contribution in [0.25, 0.3) is 0 Å². The maximum atomic E-state index is 5.69. The lowest BCUT2D eigenvalue weighted by Gasteiger charge is -2.34. The molecule has 0 saturated heterocycles. The molecule has 88 valence electrons. The van der Waals surface area contributed by atoms with Crippen LogP contribution in [0.4, 0.5) is 0 Å². The average molecular weight is 284 g/mol. The number of benzene rings is 1. The molecule has 0 amide bonds. The Morgan fingerprint density at radius 3 is 2.56 bits per heavy atom. The van der Waals surface area contributed by atoms with E-state index in [0.717, 1.165) is 29.4 Å². The molecule has 0 aliphatic heterocycles. The predicted molar refractivity (Wildman–Crippen MR) is 69.9 cm³/mol. The van der Waals surface area contributed by atoms with Gasteiger partial charge < -0.3 is 9.64 Å². The molecule has 0 heterocycles. The average Bonchev–Trinajstić information content (AvgIpc) is 2.18. The van der Waals surface area contributed by atoms with Crippen LogP contribution in [0, 0.1) is 0 Å². The van der Waals surface area contributed by atoms with E-state index in [-0.39, 0.29) is 0 Å². The van der Waals surface area contributed by atoms with E-state index >= 15 is 0 Å². The van der Waals surface area contributed by atoms with Crippen molar-refractivity contribution in [1.29, 1.82) is 0 Å². The van der Waals surface area contributed by atoms with E-state index in [1.54, 1.807) is 0 Å². The molecule has 1 fully saturated rings. The molecule has 1 aromatic carbocycles. The van der Waals surface area contributed by atoms with Crippen molar-refractivity contribution in [2.45, 2.75) is 25.3 Å². The Morgan fingerprint density at radius 2 is 2.00 bits per heavy atom. The van der Waals surface area contributed by atoms with Crippen molar-refractivity contribution in [3.05, 3.63) is 28.7 Å². The van der Waals surface area contributed by atoms with Crippen molar-refractivity contribution < 1.29 is 4.74 Å². The van der Waals surface area contributed by atoms with Crippen LogP contribution in [0.3, 0.4) is 0 Å². The number of nitrogens with zero attached hydrogens (tertiary/aromatic N) is 1.